The molecule has 0 unspecified atom stereocenters. The fourth-order valence-corrected chi connectivity index (χ4v) is 3.48. The molecule has 0 saturated carbocycles. The van der Waals surface area contributed by atoms with Crippen molar-refractivity contribution in [3.8, 4) is 0 Å². The monoisotopic (exact) mass is 246 g/mol. The summed E-state index contributed by atoms with van der Waals surface area (Å²) < 4.78 is 0. The predicted octanol–water partition coefficient (Wildman–Crippen LogP) is 1.88. The lowest BCUT2D eigenvalue weighted by Crippen LogP contribution is -2.57. The molecule has 1 aliphatic carbocycles. The van der Waals surface area contributed by atoms with Gasteiger partial charge in [-0.3, -0.25) is 4.79 Å². The first-order valence-corrected chi connectivity index (χ1v) is 6.16. The molecule has 4 nitrogen and oxygen atoms in total. The van der Waals surface area contributed by atoms with Crippen LogP contribution in [0.15, 0.2) is 11.8 Å². The third-order valence-electron chi connectivity index (χ3n) is 4.53. The molecule has 4 heteroatoms. The van der Waals surface area contributed by atoms with Crippen LogP contribution in [0, 0.1) is 23.3 Å². The summed E-state index contributed by atoms with van der Waals surface area (Å²) >= 11 is 0. The normalized spacial score (nSPS) is 34.7. The van der Waals surface area contributed by atoms with Gasteiger partial charge >= 0.3 is 0 Å². The van der Waals surface area contributed by atoms with Crippen molar-refractivity contribution < 1.29 is 9.59 Å². The van der Waals surface area contributed by atoms with Gasteiger partial charge in [0.05, 0.1) is 12.0 Å². The van der Waals surface area contributed by atoms with Crippen molar-refractivity contribution in [1.29, 1.82) is 0 Å². The largest absolute Gasteiger partial charge is 0.345 e. The summed E-state index contributed by atoms with van der Waals surface area (Å²) in [6, 6.07) is 0. The standard InChI is InChI=1S/C14H18N2O2/c1-13(2)10-6-7-16(5)12(18)14(10,3)8-9(15-4)11(13)17/h8,10H,6-7H2,1-3,5H3/t10-,14-/m1/s1. The number of hydrogen-bond donors (Lipinski definition) is 0. The molecule has 2 rings (SSSR count). The first-order valence-electron chi connectivity index (χ1n) is 6.16. The van der Waals surface area contributed by atoms with Gasteiger partial charge in [0.1, 0.15) is 0 Å². The fourth-order valence-electron chi connectivity index (χ4n) is 3.48. The zero-order valence-corrected chi connectivity index (χ0v) is 11.3. The second-order valence-corrected chi connectivity index (χ2v) is 6.04. The molecule has 96 valence electrons. The summed E-state index contributed by atoms with van der Waals surface area (Å²) in [5, 5.41) is 0. The Morgan fingerprint density at radius 3 is 2.56 bits per heavy atom. The Morgan fingerprint density at radius 1 is 1.39 bits per heavy atom. The van der Waals surface area contributed by atoms with Crippen molar-refractivity contribution in [3.63, 3.8) is 0 Å². The quantitative estimate of drug-likeness (QED) is 0.612. The Balaban J connectivity index is 2.62. The van der Waals surface area contributed by atoms with E-state index in [1.54, 1.807) is 18.0 Å². The molecule has 2 atom stereocenters. The number of carbonyl (C=O) groups excluding carboxylic acids is 2. The SMILES string of the molecule is [C-]#[N+]C1=C[C@@]2(C)C(=O)N(C)CC[C@@H]2C(C)(C)C1=O. The van der Waals surface area contributed by atoms with E-state index in [4.69, 9.17) is 6.57 Å². The summed E-state index contributed by atoms with van der Waals surface area (Å²) in [5.41, 5.74) is -1.24. The number of hydrogen-bond acceptors (Lipinski definition) is 2. The van der Waals surface area contributed by atoms with Gasteiger partial charge in [0, 0.05) is 19.0 Å². The van der Waals surface area contributed by atoms with Crippen LogP contribution < -0.4 is 0 Å². The lowest BCUT2D eigenvalue weighted by Gasteiger charge is -2.51. The van der Waals surface area contributed by atoms with Crippen molar-refractivity contribution >= 4 is 11.7 Å². The van der Waals surface area contributed by atoms with E-state index in [9.17, 15) is 9.59 Å². The van der Waals surface area contributed by atoms with Gasteiger partial charge in [0.15, 0.2) is 5.78 Å². The van der Waals surface area contributed by atoms with Crippen LogP contribution in [-0.4, -0.2) is 30.2 Å². The minimum absolute atomic E-state index is 0.0143. The first-order chi connectivity index (χ1) is 8.25. The van der Waals surface area contributed by atoms with E-state index in [0.717, 1.165) is 6.42 Å². The third-order valence-corrected chi connectivity index (χ3v) is 4.53. The summed E-state index contributed by atoms with van der Waals surface area (Å²) in [6.45, 7) is 13.4. The molecular formula is C14H18N2O2. The molecule has 1 aliphatic heterocycles. The molecule has 1 fully saturated rings. The Morgan fingerprint density at radius 2 is 2.00 bits per heavy atom. The molecule has 0 bridgehead atoms. The Bertz CT molecular complexity index is 498. The van der Waals surface area contributed by atoms with Gasteiger partial charge in [-0.15, -0.1) is 0 Å². The highest BCUT2D eigenvalue weighted by Crippen LogP contribution is 2.52. The predicted molar refractivity (Wildman–Crippen MR) is 67.3 cm³/mol. The molecule has 1 amide bonds. The topological polar surface area (TPSA) is 41.7 Å². The molecule has 1 heterocycles. The number of nitrogens with zero attached hydrogens (tertiary/aromatic N) is 2. The van der Waals surface area contributed by atoms with Gasteiger partial charge in [-0.05, 0) is 19.3 Å². The second-order valence-electron chi connectivity index (χ2n) is 6.04. The number of Topliss-reactive ketones (excluding diaryl/α,β-unsaturated/α-hetero) is 1. The maximum atomic E-state index is 12.4. The van der Waals surface area contributed by atoms with Gasteiger partial charge in [0.2, 0.25) is 11.6 Å². The molecule has 0 aromatic rings. The Labute approximate surface area is 107 Å². The van der Waals surface area contributed by atoms with Crippen LogP contribution in [0.3, 0.4) is 0 Å². The Hall–Kier alpha value is -1.63. The zero-order chi connectivity index (χ0) is 13.7. The van der Waals surface area contributed by atoms with Crippen molar-refractivity contribution in [2.24, 2.45) is 16.7 Å². The summed E-state index contributed by atoms with van der Waals surface area (Å²) in [4.78, 5) is 29.7. The summed E-state index contributed by atoms with van der Waals surface area (Å²) in [7, 11) is 1.78. The highest BCUT2D eigenvalue weighted by molar-refractivity contribution is 6.04. The number of amides is 1. The lowest BCUT2D eigenvalue weighted by atomic mass is 9.55. The van der Waals surface area contributed by atoms with Crippen LogP contribution >= 0.6 is 0 Å². The Kier molecular flexibility index (Phi) is 2.62. The number of allylic oxidation sites excluding steroid dienone is 1. The average Bonchev–Trinajstić information content (AvgIpc) is 2.31. The number of rotatable bonds is 0. The summed E-state index contributed by atoms with van der Waals surface area (Å²) in [6.07, 6.45) is 2.40. The molecule has 0 radical (unpaired) electrons. The van der Waals surface area contributed by atoms with Gasteiger partial charge < -0.3 is 9.69 Å². The highest BCUT2D eigenvalue weighted by Gasteiger charge is 2.56. The molecule has 1 saturated heterocycles. The third kappa shape index (κ3) is 1.43. The van der Waals surface area contributed by atoms with Crippen LogP contribution in [0.1, 0.15) is 27.2 Å². The summed E-state index contributed by atoms with van der Waals surface area (Å²) in [5.74, 6) is -0.135. The molecule has 2 aliphatic rings. The molecule has 0 N–H and O–H groups in total. The van der Waals surface area contributed by atoms with Gasteiger partial charge in [-0.2, -0.15) is 0 Å². The first kappa shape index (κ1) is 12.8. The van der Waals surface area contributed by atoms with E-state index in [1.165, 1.54) is 0 Å². The van der Waals surface area contributed by atoms with Gasteiger partial charge in [-0.25, -0.2) is 4.85 Å². The van der Waals surface area contributed by atoms with Crippen LogP contribution in [0.5, 0.6) is 0 Å². The van der Waals surface area contributed by atoms with Crippen molar-refractivity contribution in [2.45, 2.75) is 27.2 Å². The van der Waals surface area contributed by atoms with Crippen molar-refractivity contribution in [3.05, 3.63) is 23.2 Å². The van der Waals surface area contributed by atoms with Crippen LogP contribution in [0.2, 0.25) is 0 Å². The molecular weight excluding hydrogens is 228 g/mol. The average molecular weight is 246 g/mol. The van der Waals surface area contributed by atoms with E-state index < -0.39 is 10.8 Å². The fraction of sp³-hybridized carbons (Fsp3) is 0.643. The van der Waals surface area contributed by atoms with Crippen LogP contribution in [0.4, 0.5) is 0 Å². The van der Waals surface area contributed by atoms with Gasteiger partial charge in [-0.1, -0.05) is 19.9 Å². The minimum atomic E-state index is -0.718. The molecule has 0 spiro atoms. The highest BCUT2D eigenvalue weighted by atomic mass is 16.2. The van der Waals surface area contributed by atoms with E-state index >= 15 is 0 Å². The van der Waals surface area contributed by atoms with Crippen molar-refractivity contribution in [2.75, 3.05) is 13.6 Å². The number of ketones is 1. The number of fused-ring (bicyclic) bond motifs is 1. The van der Waals surface area contributed by atoms with E-state index in [0.29, 0.717) is 6.54 Å². The van der Waals surface area contributed by atoms with E-state index in [-0.39, 0.29) is 23.3 Å². The number of piperidine rings is 1. The smallest absolute Gasteiger partial charge is 0.231 e. The second kappa shape index (κ2) is 3.68. The molecule has 0 aromatic carbocycles. The number of likely N-dealkylation sites (tertiary alicyclic amines) is 1. The van der Waals surface area contributed by atoms with Crippen LogP contribution in [0.25, 0.3) is 4.85 Å². The van der Waals surface area contributed by atoms with Crippen molar-refractivity contribution in [1.82, 2.24) is 4.90 Å². The minimum Gasteiger partial charge on any atom is -0.345 e. The number of carbonyl (C=O) groups is 2. The maximum absolute atomic E-state index is 12.4. The molecule has 0 aromatic heterocycles. The lowest BCUT2D eigenvalue weighted by molar-refractivity contribution is -0.152. The maximum Gasteiger partial charge on any atom is 0.231 e. The van der Waals surface area contributed by atoms with Crippen LogP contribution in [-0.2, 0) is 9.59 Å². The zero-order valence-electron chi connectivity index (χ0n) is 11.3. The van der Waals surface area contributed by atoms with E-state index in [2.05, 4.69) is 4.85 Å². The van der Waals surface area contributed by atoms with Gasteiger partial charge in [0.25, 0.3) is 0 Å². The molecule has 18 heavy (non-hydrogen) atoms. The van der Waals surface area contributed by atoms with E-state index in [1.807, 2.05) is 20.8 Å².